The molecule has 2 atom stereocenters. The van der Waals surface area contributed by atoms with Crippen molar-refractivity contribution >= 4 is 26.0 Å². The maximum Gasteiger partial charge on any atom is 0.326 e. The van der Waals surface area contributed by atoms with Crippen molar-refractivity contribution in [1.82, 2.24) is 9.03 Å². The molecule has 1 heterocycles. The van der Waals surface area contributed by atoms with Gasteiger partial charge < -0.3 is 9.47 Å². The van der Waals surface area contributed by atoms with E-state index in [4.69, 9.17) is 9.47 Å². The summed E-state index contributed by atoms with van der Waals surface area (Å²) in [6, 6.07) is 11.8. The van der Waals surface area contributed by atoms with Crippen molar-refractivity contribution in [2.24, 2.45) is 0 Å². The number of benzene rings is 2. The molecule has 36 heavy (non-hydrogen) atoms. The molecular weight excluding hydrogens is 504 g/mol. The number of ether oxygens (including phenoxy) is 2. The van der Waals surface area contributed by atoms with Gasteiger partial charge in [0.25, 0.3) is 0 Å². The van der Waals surface area contributed by atoms with Crippen molar-refractivity contribution in [2.75, 3.05) is 13.7 Å². The van der Waals surface area contributed by atoms with Gasteiger partial charge in [0, 0.05) is 6.54 Å². The lowest BCUT2D eigenvalue weighted by Crippen LogP contribution is -2.57. The maximum absolute atomic E-state index is 13.7. The summed E-state index contributed by atoms with van der Waals surface area (Å²) in [6.07, 6.45) is 3.37. The van der Waals surface area contributed by atoms with Crippen LogP contribution in [0.25, 0.3) is 0 Å². The number of nitrogens with one attached hydrogen (secondary N) is 1. The molecule has 11 heteroatoms. The average Bonchev–Trinajstić information content (AvgIpc) is 3.01. The average molecular weight is 537 g/mol. The quantitative estimate of drug-likeness (QED) is 0.407. The van der Waals surface area contributed by atoms with Gasteiger partial charge in [-0.05, 0) is 57.0 Å². The SMILES string of the molecule is COc1ccc(S(=O)(=O)N2CC=CCC(NS(=O)(=O)Cc3ccccc3)C2C(=O)OC(C)(C)C)cc1. The van der Waals surface area contributed by atoms with Gasteiger partial charge in [-0.3, -0.25) is 4.79 Å². The minimum absolute atomic E-state index is 0.0574. The van der Waals surface area contributed by atoms with Crippen LogP contribution in [0.4, 0.5) is 0 Å². The largest absolute Gasteiger partial charge is 0.497 e. The number of carbonyl (C=O) groups is 1. The van der Waals surface area contributed by atoms with E-state index in [1.165, 1.54) is 31.4 Å². The Labute approximate surface area is 213 Å². The summed E-state index contributed by atoms with van der Waals surface area (Å²) >= 11 is 0. The molecule has 1 aliphatic heterocycles. The Balaban J connectivity index is 2.01. The Morgan fingerprint density at radius 2 is 1.64 bits per heavy atom. The maximum atomic E-state index is 13.7. The number of nitrogens with zero attached hydrogens (tertiary/aromatic N) is 1. The predicted octanol–water partition coefficient (Wildman–Crippen LogP) is 2.84. The van der Waals surface area contributed by atoms with Crippen LogP contribution in [-0.4, -0.2) is 58.4 Å². The zero-order chi connectivity index (χ0) is 26.6. The van der Waals surface area contributed by atoms with E-state index in [1.54, 1.807) is 63.3 Å². The smallest absolute Gasteiger partial charge is 0.326 e. The molecule has 9 nitrogen and oxygen atoms in total. The van der Waals surface area contributed by atoms with E-state index in [1.807, 2.05) is 0 Å². The van der Waals surface area contributed by atoms with Gasteiger partial charge in [-0.15, -0.1) is 0 Å². The molecule has 0 radical (unpaired) electrons. The molecule has 2 unspecified atom stereocenters. The Hall–Kier alpha value is -2.73. The monoisotopic (exact) mass is 536 g/mol. The summed E-state index contributed by atoms with van der Waals surface area (Å²) < 4.78 is 67.7. The number of methoxy groups -OCH3 is 1. The van der Waals surface area contributed by atoms with Gasteiger partial charge in [0.1, 0.15) is 17.4 Å². The van der Waals surface area contributed by atoms with Crippen LogP contribution in [0, 0.1) is 0 Å². The molecule has 0 saturated heterocycles. The Morgan fingerprint density at radius 1 is 1.00 bits per heavy atom. The van der Waals surface area contributed by atoms with Crippen molar-refractivity contribution in [3.05, 3.63) is 72.3 Å². The molecule has 0 fully saturated rings. The molecular formula is C25H32N2O7S2. The van der Waals surface area contributed by atoms with Crippen LogP contribution in [0.2, 0.25) is 0 Å². The van der Waals surface area contributed by atoms with Crippen LogP contribution in [0.1, 0.15) is 32.8 Å². The standard InChI is InChI=1S/C25H32N2O7S2/c1-25(2,3)34-24(28)23-22(26-35(29,30)18-19-10-6-5-7-11-19)12-8-9-17-27(23)36(31,32)21-15-13-20(33-4)14-16-21/h5-11,13-16,22-23,26H,12,17-18H2,1-4H3. The van der Waals surface area contributed by atoms with Gasteiger partial charge in [0.05, 0.1) is 23.8 Å². The summed E-state index contributed by atoms with van der Waals surface area (Å²) in [4.78, 5) is 13.3. The molecule has 1 N–H and O–H groups in total. The predicted molar refractivity (Wildman–Crippen MR) is 136 cm³/mol. The number of esters is 1. The second-order valence-electron chi connectivity index (χ2n) is 9.40. The van der Waals surface area contributed by atoms with E-state index in [0.29, 0.717) is 11.3 Å². The van der Waals surface area contributed by atoms with E-state index in [9.17, 15) is 21.6 Å². The highest BCUT2D eigenvalue weighted by Crippen LogP contribution is 2.27. The molecule has 0 bridgehead atoms. The Kier molecular flexibility index (Phi) is 8.60. The fourth-order valence-electron chi connectivity index (χ4n) is 3.82. The van der Waals surface area contributed by atoms with Gasteiger partial charge in [0.15, 0.2) is 0 Å². The molecule has 0 spiro atoms. The second-order valence-corrected chi connectivity index (χ2v) is 13.0. The van der Waals surface area contributed by atoms with Gasteiger partial charge >= 0.3 is 5.97 Å². The van der Waals surface area contributed by atoms with Crippen LogP contribution < -0.4 is 9.46 Å². The van der Waals surface area contributed by atoms with Crippen LogP contribution >= 0.6 is 0 Å². The first kappa shape index (κ1) is 27.9. The van der Waals surface area contributed by atoms with Crippen LogP contribution in [0.3, 0.4) is 0 Å². The fraction of sp³-hybridized carbons (Fsp3) is 0.400. The first-order chi connectivity index (χ1) is 16.8. The van der Waals surface area contributed by atoms with Crippen LogP contribution in [0.15, 0.2) is 71.6 Å². The van der Waals surface area contributed by atoms with E-state index in [2.05, 4.69) is 4.72 Å². The van der Waals surface area contributed by atoms with Gasteiger partial charge in [-0.25, -0.2) is 21.6 Å². The molecule has 0 aromatic heterocycles. The highest BCUT2D eigenvalue weighted by molar-refractivity contribution is 7.89. The van der Waals surface area contributed by atoms with E-state index >= 15 is 0 Å². The fourth-order valence-corrected chi connectivity index (χ4v) is 6.78. The minimum Gasteiger partial charge on any atom is -0.497 e. The third-order valence-corrected chi connectivity index (χ3v) is 8.61. The zero-order valence-corrected chi connectivity index (χ0v) is 22.4. The highest BCUT2D eigenvalue weighted by atomic mass is 32.2. The molecule has 196 valence electrons. The highest BCUT2D eigenvalue weighted by Gasteiger charge is 2.44. The summed E-state index contributed by atoms with van der Waals surface area (Å²) in [6.45, 7) is 4.86. The van der Waals surface area contributed by atoms with Crippen molar-refractivity contribution in [2.45, 2.75) is 55.5 Å². The molecule has 2 aromatic carbocycles. The van der Waals surface area contributed by atoms with Crippen LogP contribution in [0.5, 0.6) is 5.75 Å². The Bertz CT molecular complexity index is 1280. The first-order valence-electron chi connectivity index (χ1n) is 11.4. The minimum atomic E-state index is -4.22. The molecule has 0 aliphatic carbocycles. The van der Waals surface area contributed by atoms with Gasteiger partial charge in [0.2, 0.25) is 20.0 Å². The number of sulfonamides is 2. The lowest BCUT2D eigenvalue weighted by Gasteiger charge is -2.34. The second kappa shape index (κ2) is 11.1. The molecule has 0 saturated carbocycles. The molecule has 0 amide bonds. The first-order valence-corrected chi connectivity index (χ1v) is 14.5. The van der Waals surface area contributed by atoms with E-state index in [-0.39, 0.29) is 23.6 Å². The number of rotatable bonds is 8. The van der Waals surface area contributed by atoms with Crippen molar-refractivity contribution in [1.29, 1.82) is 0 Å². The third-order valence-electron chi connectivity index (χ3n) is 5.38. The number of hydrogen-bond acceptors (Lipinski definition) is 7. The lowest BCUT2D eigenvalue weighted by atomic mass is 10.1. The Morgan fingerprint density at radius 3 is 2.22 bits per heavy atom. The summed E-state index contributed by atoms with van der Waals surface area (Å²) in [5.74, 6) is -0.684. The van der Waals surface area contributed by atoms with Crippen LogP contribution in [-0.2, 0) is 35.3 Å². The normalized spacial score (nSPS) is 19.4. The molecule has 2 aromatic rings. The van der Waals surface area contributed by atoms with Crippen molar-refractivity contribution in [3.63, 3.8) is 0 Å². The lowest BCUT2D eigenvalue weighted by molar-refractivity contribution is -0.160. The third kappa shape index (κ3) is 7.16. The van der Waals surface area contributed by atoms with Crippen molar-refractivity contribution in [3.8, 4) is 5.75 Å². The van der Waals surface area contributed by atoms with E-state index in [0.717, 1.165) is 4.31 Å². The summed E-state index contributed by atoms with van der Waals surface area (Å²) in [5.41, 5.74) is -0.356. The number of hydrogen-bond donors (Lipinski definition) is 1. The van der Waals surface area contributed by atoms with Gasteiger partial charge in [-0.1, -0.05) is 42.5 Å². The van der Waals surface area contributed by atoms with Gasteiger partial charge in [-0.2, -0.15) is 4.31 Å². The number of carbonyl (C=O) groups excluding carboxylic acids is 1. The van der Waals surface area contributed by atoms with E-state index < -0.39 is 43.7 Å². The topological polar surface area (TPSA) is 119 Å². The zero-order valence-electron chi connectivity index (χ0n) is 20.7. The van der Waals surface area contributed by atoms with Crippen molar-refractivity contribution < 1.29 is 31.1 Å². The summed E-state index contributed by atoms with van der Waals surface area (Å²) in [7, 11) is -6.68. The molecule has 1 aliphatic rings. The summed E-state index contributed by atoms with van der Waals surface area (Å²) in [5, 5.41) is 0. The molecule has 3 rings (SSSR count).